The van der Waals surface area contributed by atoms with E-state index in [-0.39, 0.29) is 5.76 Å². The first-order chi connectivity index (χ1) is 6.22. The van der Waals surface area contributed by atoms with Gasteiger partial charge in [0.1, 0.15) is 0 Å². The van der Waals surface area contributed by atoms with Crippen LogP contribution in [-0.2, 0) is 9.53 Å². The quantitative estimate of drug-likeness (QED) is 0.377. The molecule has 13 heavy (non-hydrogen) atoms. The van der Waals surface area contributed by atoms with E-state index in [9.17, 15) is 4.79 Å². The zero-order valence-corrected chi connectivity index (χ0v) is 8.38. The van der Waals surface area contributed by atoms with E-state index in [2.05, 4.69) is 6.92 Å². The minimum atomic E-state index is -0.974. The number of carboxylic acids is 1. The molecule has 0 aromatic rings. The van der Waals surface area contributed by atoms with Crippen LogP contribution < -0.4 is 0 Å². The number of ether oxygens (including phenoxy) is 1. The van der Waals surface area contributed by atoms with Gasteiger partial charge in [0, 0.05) is 0 Å². The van der Waals surface area contributed by atoms with Crippen LogP contribution in [0.4, 0.5) is 0 Å². The van der Waals surface area contributed by atoms with Crippen molar-refractivity contribution in [2.75, 3.05) is 6.61 Å². The molecule has 3 nitrogen and oxygen atoms in total. The molecule has 76 valence electrons. The Kier molecular flexibility index (Phi) is 7.07. The maximum Gasteiger partial charge on any atom is 0.370 e. The van der Waals surface area contributed by atoms with Crippen LogP contribution in [0.5, 0.6) is 0 Å². The highest BCUT2D eigenvalue weighted by atomic mass is 16.5. The summed E-state index contributed by atoms with van der Waals surface area (Å²) in [6, 6.07) is 0. The fourth-order valence-electron chi connectivity index (χ4n) is 0.991. The predicted octanol–water partition coefficient (Wildman–Crippen LogP) is 2.57. The van der Waals surface area contributed by atoms with E-state index >= 15 is 0 Å². The second-order valence-electron chi connectivity index (χ2n) is 2.80. The Bertz CT molecular complexity index is 173. The average molecular weight is 186 g/mol. The summed E-state index contributed by atoms with van der Waals surface area (Å²) in [7, 11) is 0. The Morgan fingerprint density at radius 2 is 2.08 bits per heavy atom. The number of carbonyl (C=O) groups is 1. The maximum absolute atomic E-state index is 10.6. The fourth-order valence-corrected chi connectivity index (χ4v) is 0.991. The van der Waals surface area contributed by atoms with Crippen molar-refractivity contribution in [1.29, 1.82) is 0 Å². The number of unbranched alkanes of at least 4 members (excludes halogenated alkanes) is 3. The third-order valence-corrected chi connectivity index (χ3v) is 1.65. The number of carboxylic acid groups (broad SMARTS) is 1. The van der Waals surface area contributed by atoms with Gasteiger partial charge in [-0.25, -0.2) is 4.79 Å². The summed E-state index contributed by atoms with van der Waals surface area (Å²) < 4.78 is 4.95. The van der Waals surface area contributed by atoms with E-state index < -0.39 is 5.97 Å². The van der Waals surface area contributed by atoms with Gasteiger partial charge in [-0.2, -0.15) is 0 Å². The van der Waals surface area contributed by atoms with E-state index in [0.29, 0.717) is 6.61 Å². The van der Waals surface area contributed by atoms with Crippen LogP contribution >= 0.6 is 0 Å². The van der Waals surface area contributed by atoms with Crippen molar-refractivity contribution in [2.24, 2.45) is 0 Å². The normalized spacial score (nSPS) is 11.4. The summed E-state index contributed by atoms with van der Waals surface area (Å²) in [5.74, 6) is -0.892. The smallest absolute Gasteiger partial charge is 0.370 e. The van der Waals surface area contributed by atoms with Crippen molar-refractivity contribution in [3.63, 3.8) is 0 Å². The molecule has 0 aliphatic carbocycles. The van der Waals surface area contributed by atoms with E-state index in [1.165, 1.54) is 0 Å². The molecule has 0 spiro atoms. The van der Waals surface area contributed by atoms with Crippen LogP contribution in [0.15, 0.2) is 11.8 Å². The maximum atomic E-state index is 10.6. The van der Waals surface area contributed by atoms with Crippen molar-refractivity contribution in [1.82, 2.24) is 0 Å². The third-order valence-electron chi connectivity index (χ3n) is 1.65. The molecule has 0 amide bonds. The van der Waals surface area contributed by atoms with Crippen LogP contribution in [-0.4, -0.2) is 17.7 Å². The monoisotopic (exact) mass is 186 g/mol. The molecule has 0 rings (SSSR count). The SMILES string of the molecule is CCCCC/C=C(\OCC)C(=O)O. The molecule has 0 fully saturated rings. The van der Waals surface area contributed by atoms with Gasteiger partial charge in [-0.1, -0.05) is 19.8 Å². The Labute approximate surface area is 79.4 Å². The first-order valence-corrected chi connectivity index (χ1v) is 4.78. The molecule has 0 saturated carbocycles. The van der Waals surface area contributed by atoms with Crippen molar-refractivity contribution in [3.05, 3.63) is 11.8 Å². The molecule has 0 bridgehead atoms. The van der Waals surface area contributed by atoms with Gasteiger partial charge in [-0.15, -0.1) is 0 Å². The lowest BCUT2D eigenvalue weighted by Gasteiger charge is -2.02. The summed E-state index contributed by atoms with van der Waals surface area (Å²) in [5.41, 5.74) is 0. The topological polar surface area (TPSA) is 46.5 Å². The fraction of sp³-hybridized carbons (Fsp3) is 0.700. The van der Waals surface area contributed by atoms with Crippen LogP contribution in [0.2, 0.25) is 0 Å². The number of rotatable bonds is 7. The molecule has 1 N–H and O–H groups in total. The Morgan fingerprint density at radius 1 is 1.38 bits per heavy atom. The van der Waals surface area contributed by atoms with Crippen LogP contribution in [0.25, 0.3) is 0 Å². The molecule has 0 aromatic heterocycles. The van der Waals surface area contributed by atoms with Gasteiger partial charge in [0.05, 0.1) is 6.61 Å². The zero-order chi connectivity index (χ0) is 10.1. The molecule has 0 aromatic carbocycles. The summed E-state index contributed by atoms with van der Waals surface area (Å²) >= 11 is 0. The molecule has 0 aliphatic heterocycles. The van der Waals surface area contributed by atoms with E-state index in [4.69, 9.17) is 9.84 Å². The highest BCUT2D eigenvalue weighted by Crippen LogP contribution is 2.05. The Hall–Kier alpha value is -0.990. The molecule has 0 unspecified atom stereocenters. The summed E-state index contributed by atoms with van der Waals surface area (Å²) in [6.45, 7) is 4.30. The first kappa shape index (κ1) is 12.0. The standard InChI is InChI=1S/C10H18O3/c1-3-5-6-7-8-9(10(11)12)13-4-2/h8H,3-7H2,1-2H3,(H,11,12)/b9-8-. The second kappa shape index (κ2) is 7.65. The number of allylic oxidation sites excluding steroid dienone is 1. The van der Waals surface area contributed by atoms with Crippen LogP contribution in [0.3, 0.4) is 0 Å². The van der Waals surface area contributed by atoms with Crippen molar-refractivity contribution < 1.29 is 14.6 Å². The lowest BCUT2D eigenvalue weighted by atomic mass is 10.2. The van der Waals surface area contributed by atoms with Crippen LogP contribution in [0.1, 0.15) is 39.5 Å². The highest BCUT2D eigenvalue weighted by Gasteiger charge is 2.05. The molecule has 0 saturated heterocycles. The molecule has 0 radical (unpaired) electrons. The van der Waals surface area contributed by atoms with Crippen molar-refractivity contribution in [3.8, 4) is 0 Å². The van der Waals surface area contributed by atoms with Gasteiger partial charge < -0.3 is 9.84 Å². The van der Waals surface area contributed by atoms with Gasteiger partial charge in [-0.05, 0) is 25.8 Å². The van der Waals surface area contributed by atoms with E-state index in [1.54, 1.807) is 13.0 Å². The lowest BCUT2D eigenvalue weighted by Crippen LogP contribution is -2.04. The minimum Gasteiger partial charge on any atom is -0.487 e. The lowest BCUT2D eigenvalue weighted by molar-refractivity contribution is -0.136. The van der Waals surface area contributed by atoms with Gasteiger partial charge in [0.2, 0.25) is 0 Å². The van der Waals surface area contributed by atoms with Gasteiger partial charge >= 0.3 is 5.97 Å². The number of hydrogen-bond acceptors (Lipinski definition) is 2. The van der Waals surface area contributed by atoms with Gasteiger partial charge in [-0.3, -0.25) is 0 Å². The van der Waals surface area contributed by atoms with Gasteiger partial charge in [0.15, 0.2) is 5.76 Å². The zero-order valence-electron chi connectivity index (χ0n) is 8.38. The third kappa shape index (κ3) is 6.20. The Balaban J connectivity index is 3.82. The second-order valence-corrected chi connectivity index (χ2v) is 2.80. The Morgan fingerprint density at radius 3 is 2.54 bits per heavy atom. The van der Waals surface area contributed by atoms with E-state index in [1.807, 2.05) is 0 Å². The van der Waals surface area contributed by atoms with Crippen molar-refractivity contribution in [2.45, 2.75) is 39.5 Å². The van der Waals surface area contributed by atoms with E-state index in [0.717, 1.165) is 25.7 Å². The largest absolute Gasteiger partial charge is 0.487 e. The van der Waals surface area contributed by atoms with Crippen LogP contribution in [0, 0.1) is 0 Å². The number of hydrogen-bond donors (Lipinski definition) is 1. The molecular weight excluding hydrogens is 168 g/mol. The molecule has 0 atom stereocenters. The minimum absolute atomic E-state index is 0.0820. The number of aliphatic carboxylic acids is 1. The molecule has 0 aliphatic rings. The van der Waals surface area contributed by atoms with Gasteiger partial charge in [0.25, 0.3) is 0 Å². The predicted molar refractivity (Wildman–Crippen MR) is 51.5 cm³/mol. The molecular formula is C10H18O3. The highest BCUT2D eigenvalue weighted by molar-refractivity contribution is 5.84. The molecule has 0 heterocycles. The summed E-state index contributed by atoms with van der Waals surface area (Å²) in [5, 5.41) is 8.67. The molecule has 3 heteroatoms. The first-order valence-electron chi connectivity index (χ1n) is 4.78. The summed E-state index contributed by atoms with van der Waals surface area (Å²) in [4.78, 5) is 10.6. The average Bonchev–Trinajstić information content (AvgIpc) is 2.10. The summed E-state index contributed by atoms with van der Waals surface area (Å²) in [6.07, 6.45) is 5.75. The van der Waals surface area contributed by atoms with Crippen molar-refractivity contribution >= 4 is 5.97 Å².